The number of aliphatic hydroxyl groups is 1. The topological polar surface area (TPSA) is 47.3 Å². The summed E-state index contributed by atoms with van der Waals surface area (Å²) in [5.74, 6) is -6.69. The lowest BCUT2D eigenvalue weighted by Crippen LogP contribution is -2.51. The molecule has 26 heavy (non-hydrogen) atoms. The molecule has 1 saturated carbocycles. The van der Waals surface area contributed by atoms with Crippen molar-refractivity contribution in [1.29, 1.82) is 5.26 Å². The summed E-state index contributed by atoms with van der Waals surface area (Å²) in [5.41, 5.74) is -2.54. The van der Waals surface area contributed by atoms with E-state index < -0.39 is 65.6 Å². The molecular weight excluding hydrogens is 376 g/mol. The molecule has 2 fully saturated rings. The van der Waals surface area contributed by atoms with Gasteiger partial charge in [0.2, 0.25) is 0 Å². The fourth-order valence-corrected chi connectivity index (χ4v) is 3.53. The van der Waals surface area contributed by atoms with Gasteiger partial charge < -0.3 is 10.0 Å². The average molecular weight is 386 g/mol. The van der Waals surface area contributed by atoms with Crippen molar-refractivity contribution in [1.82, 2.24) is 0 Å². The second-order valence-electron chi connectivity index (χ2n) is 6.28. The Labute approximate surface area is 141 Å². The van der Waals surface area contributed by atoms with Crippen LogP contribution in [0.4, 0.5) is 40.8 Å². The zero-order chi connectivity index (χ0) is 19.7. The van der Waals surface area contributed by atoms with Crippen LogP contribution < -0.4 is 4.90 Å². The Hall–Kier alpha value is -2.09. The Morgan fingerprint density at radius 3 is 2.31 bits per heavy atom. The lowest BCUT2D eigenvalue weighted by molar-refractivity contribution is -0.212. The average Bonchev–Trinajstić information content (AvgIpc) is 2.89. The molecule has 1 heterocycles. The number of hydrogen-bond donors (Lipinski definition) is 1. The number of alkyl halides is 8. The van der Waals surface area contributed by atoms with Crippen molar-refractivity contribution in [3.8, 4) is 6.07 Å². The summed E-state index contributed by atoms with van der Waals surface area (Å²) in [4.78, 5) is 0.710. The van der Waals surface area contributed by atoms with Gasteiger partial charge in [0.05, 0.1) is 35.1 Å². The maximum Gasteiger partial charge on any atom is 0.417 e. The molecule has 3 rings (SSSR count). The van der Waals surface area contributed by atoms with E-state index in [1.807, 2.05) is 0 Å². The molecule has 1 aromatic carbocycles. The number of piperidine rings is 1. The summed E-state index contributed by atoms with van der Waals surface area (Å²) in [6, 6.07) is 1.37. The Balaban J connectivity index is 2.02. The van der Waals surface area contributed by atoms with Gasteiger partial charge in [-0.25, -0.2) is 8.78 Å². The molecule has 1 aliphatic heterocycles. The summed E-state index contributed by atoms with van der Waals surface area (Å²) >= 11 is 0. The Kier molecular flexibility index (Phi) is 3.92. The quantitative estimate of drug-likeness (QED) is 0.791. The van der Waals surface area contributed by atoms with Crippen LogP contribution in [0.5, 0.6) is 0 Å². The number of anilines is 1. The molecule has 1 aromatic rings. The second-order valence-corrected chi connectivity index (χ2v) is 6.28. The summed E-state index contributed by atoms with van der Waals surface area (Å²) in [7, 11) is 0. The van der Waals surface area contributed by atoms with Crippen LogP contribution in [0.25, 0.3) is 0 Å². The lowest BCUT2D eigenvalue weighted by atomic mass is 10.0. The fraction of sp³-hybridized carbons (Fsp3) is 0.533. The maximum atomic E-state index is 13.6. The van der Waals surface area contributed by atoms with E-state index >= 15 is 0 Å². The SMILES string of the molecule is N#Cc1ccc(N2C[C@H]3C([C@@H]2[C@@H](O)C(F)(F)F)C3(F)F)cc1C(F)(F)F. The molecule has 1 aliphatic carbocycles. The number of fused-ring (bicyclic) bond motifs is 1. The number of benzene rings is 1. The highest BCUT2D eigenvalue weighted by Gasteiger charge is 2.78. The number of aliphatic hydroxyl groups excluding tert-OH is 1. The molecule has 3 nitrogen and oxygen atoms in total. The van der Waals surface area contributed by atoms with E-state index in [9.17, 15) is 40.2 Å². The minimum Gasteiger partial charge on any atom is -0.382 e. The third kappa shape index (κ3) is 2.76. The highest BCUT2D eigenvalue weighted by molar-refractivity contribution is 5.58. The van der Waals surface area contributed by atoms with Crippen molar-refractivity contribution in [2.75, 3.05) is 11.4 Å². The van der Waals surface area contributed by atoms with Gasteiger partial charge in [-0.1, -0.05) is 0 Å². The molecule has 0 aromatic heterocycles. The van der Waals surface area contributed by atoms with Crippen molar-refractivity contribution in [2.24, 2.45) is 11.8 Å². The standard InChI is InChI=1S/C15H10F8N2O/c16-13(17)9-5-25(11(10(9)13)12(26)15(21,22)23)7-2-1-6(4-24)8(3-7)14(18,19)20/h1-3,9-12,26H,5H2/t9-,10?,11+,12+/m0/s1. The molecule has 0 bridgehead atoms. The smallest absolute Gasteiger partial charge is 0.382 e. The zero-order valence-corrected chi connectivity index (χ0v) is 12.6. The maximum absolute atomic E-state index is 13.6. The summed E-state index contributed by atoms with van der Waals surface area (Å²) in [5, 5.41) is 18.3. The van der Waals surface area contributed by atoms with Gasteiger partial charge in [0.15, 0.2) is 6.10 Å². The van der Waals surface area contributed by atoms with E-state index in [1.165, 1.54) is 6.07 Å². The normalized spacial score (nSPS) is 28.5. The van der Waals surface area contributed by atoms with E-state index in [2.05, 4.69) is 0 Å². The predicted octanol–water partition coefficient (Wildman–Crippen LogP) is 3.57. The van der Waals surface area contributed by atoms with Gasteiger partial charge in [-0.05, 0) is 18.2 Å². The predicted molar refractivity (Wildman–Crippen MR) is 71.3 cm³/mol. The van der Waals surface area contributed by atoms with Crippen molar-refractivity contribution in [3.05, 3.63) is 29.3 Å². The van der Waals surface area contributed by atoms with Gasteiger partial charge in [0.25, 0.3) is 5.92 Å². The fourth-order valence-electron chi connectivity index (χ4n) is 3.53. The first-order chi connectivity index (χ1) is 11.8. The summed E-state index contributed by atoms with van der Waals surface area (Å²) in [6.45, 7) is -0.626. The van der Waals surface area contributed by atoms with E-state index in [-0.39, 0.29) is 0 Å². The molecule has 2 aliphatic rings. The highest BCUT2D eigenvalue weighted by Crippen LogP contribution is 2.64. The molecule has 0 radical (unpaired) electrons. The molecule has 0 amide bonds. The number of halogens is 8. The van der Waals surface area contributed by atoms with Gasteiger partial charge in [-0.2, -0.15) is 31.6 Å². The first-order valence-electron chi connectivity index (χ1n) is 7.30. The monoisotopic (exact) mass is 386 g/mol. The molecule has 142 valence electrons. The molecular formula is C15H10F8N2O. The molecule has 0 spiro atoms. The Morgan fingerprint density at radius 1 is 1.19 bits per heavy atom. The van der Waals surface area contributed by atoms with Crippen molar-refractivity contribution in [2.45, 2.75) is 30.4 Å². The van der Waals surface area contributed by atoms with Gasteiger partial charge in [-0.15, -0.1) is 0 Å². The zero-order valence-electron chi connectivity index (χ0n) is 12.6. The van der Waals surface area contributed by atoms with Gasteiger partial charge in [-0.3, -0.25) is 0 Å². The van der Waals surface area contributed by atoms with Crippen LogP contribution in [0, 0.1) is 23.2 Å². The van der Waals surface area contributed by atoms with Gasteiger partial charge in [0.1, 0.15) is 0 Å². The van der Waals surface area contributed by atoms with Gasteiger partial charge in [0, 0.05) is 12.2 Å². The summed E-state index contributed by atoms with van der Waals surface area (Å²) in [6.07, 6.45) is -13.3. The molecule has 1 N–H and O–H groups in total. The van der Waals surface area contributed by atoms with E-state index in [1.54, 1.807) is 0 Å². The van der Waals surface area contributed by atoms with Crippen molar-refractivity contribution >= 4 is 5.69 Å². The van der Waals surface area contributed by atoms with Gasteiger partial charge >= 0.3 is 12.4 Å². The van der Waals surface area contributed by atoms with E-state index in [0.717, 1.165) is 12.1 Å². The molecule has 1 saturated heterocycles. The van der Waals surface area contributed by atoms with Crippen LogP contribution in [0.15, 0.2) is 18.2 Å². The molecule has 1 unspecified atom stereocenters. The third-order valence-electron chi connectivity index (χ3n) is 4.80. The van der Waals surface area contributed by atoms with Crippen LogP contribution in [0.2, 0.25) is 0 Å². The number of hydrogen-bond acceptors (Lipinski definition) is 3. The number of nitrogens with zero attached hydrogens (tertiary/aromatic N) is 2. The lowest BCUT2D eigenvalue weighted by Gasteiger charge is -2.35. The number of nitriles is 1. The minimum atomic E-state index is -5.21. The van der Waals surface area contributed by atoms with Crippen LogP contribution in [0.1, 0.15) is 11.1 Å². The van der Waals surface area contributed by atoms with Crippen molar-refractivity contribution < 1.29 is 40.2 Å². The molecule has 11 heteroatoms. The third-order valence-corrected chi connectivity index (χ3v) is 4.80. The Morgan fingerprint density at radius 2 is 1.81 bits per heavy atom. The van der Waals surface area contributed by atoms with Crippen LogP contribution in [-0.2, 0) is 6.18 Å². The van der Waals surface area contributed by atoms with Crippen LogP contribution in [-0.4, -0.2) is 35.9 Å². The Bertz CT molecular complexity index is 766. The largest absolute Gasteiger partial charge is 0.417 e. The second kappa shape index (κ2) is 5.45. The number of rotatable bonds is 2. The molecule has 4 atom stereocenters. The van der Waals surface area contributed by atoms with E-state index in [0.29, 0.717) is 11.0 Å². The highest BCUT2D eigenvalue weighted by atomic mass is 19.4. The van der Waals surface area contributed by atoms with Crippen LogP contribution in [0.3, 0.4) is 0 Å². The van der Waals surface area contributed by atoms with E-state index in [4.69, 9.17) is 5.26 Å². The summed E-state index contributed by atoms with van der Waals surface area (Å²) < 4.78 is 105. The first-order valence-corrected chi connectivity index (χ1v) is 7.30. The van der Waals surface area contributed by atoms with Crippen LogP contribution >= 0.6 is 0 Å². The first kappa shape index (κ1) is 18.7. The van der Waals surface area contributed by atoms with Crippen molar-refractivity contribution in [3.63, 3.8) is 0 Å². The minimum absolute atomic E-state index is 0.410.